The topological polar surface area (TPSA) is 149 Å². The zero-order valence-corrected chi connectivity index (χ0v) is 16.2. The van der Waals surface area contributed by atoms with Crippen molar-refractivity contribution in [2.24, 2.45) is 0 Å². The Labute approximate surface area is 167 Å². The number of aliphatic hydroxyl groups excluding tert-OH is 1. The molecule has 12 nitrogen and oxygen atoms in total. The fourth-order valence-electron chi connectivity index (χ4n) is 2.06. The molecule has 2 rings (SSSR count). The molecule has 0 aliphatic carbocycles. The minimum atomic E-state index is -1.15. The number of imide groups is 1. The molecule has 1 unspecified atom stereocenters. The molecule has 0 radical (unpaired) electrons. The quantitative estimate of drug-likeness (QED) is 0.232. The van der Waals surface area contributed by atoms with Crippen molar-refractivity contribution < 1.29 is 48.2 Å². The molecule has 1 atom stereocenters. The zero-order valence-electron chi connectivity index (χ0n) is 14.6. The first-order valence-corrected chi connectivity index (χ1v) is 10.7. The van der Waals surface area contributed by atoms with Crippen LogP contribution in [0.5, 0.6) is 0 Å². The van der Waals surface area contributed by atoms with Gasteiger partial charge in [0.05, 0.1) is 0 Å². The van der Waals surface area contributed by atoms with Gasteiger partial charge in [-0.15, -0.1) is 5.06 Å². The summed E-state index contributed by atoms with van der Waals surface area (Å²) in [5.41, 5.74) is 0. The molecule has 3 amide bonds. The van der Waals surface area contributed by atoms with Gasteiger partial charge < -0.3 is 19.4 Å². The van der Waals surface area contributed by atoms with Crippen molar-refractivity contribution in [2.75, 3.05) is 24.7 Å². The molecular formula is C14H18N2O10S2. The van der Waals surface area contributed by atoms with E-state index in [1.807, 2.05) is 0 Å². The summed E-state index contributed by atoms with van der Waals surface area (Å²) in [4.78, 5) is 65.7. The van der Waals surface area contributed by atoms with Crippen LogP contribution >= 0.6 is 21.6 Å². The van der Waals surface area contributed by atoms with E-state index in [1.165, 1.54) is 21.6 Å². The van der Waals surface area contributed by atoms with Gasteiger partial charge in [0.1, 0.15) is 13.2 Å². The number of carbonyl (C=O) groups is 5. The van der Waals surface area contributed by atoms with Crippen LogP contribution in [-0.2, 0) is 33.5 Å². The summed E-state index contributed by atoms with van der Waals surface area (Å²) in [6.45, 7) is 0.00128. The fourth-order valence-corrected chi connectivity index (χ4v) is 3.71. The molecule has 156 valence electrons. The summed E-state index contributed by atoms with van der Waals surface area (Å²) >= 11 is 0. The smallest absolute Gasteiger partial charge is 0.432 e. The van der Waals surface area contributed by atoms with E-state index >= 15 is 0 Å². The first kappa shape index (κ1) is 22.1. The predicted molar refractivity (Wildman–Crippen MR) is 93.0 cm³/mol. The number of rotatable bonds is 9. The van der Waals surface area contributed by atoms with E-state index < -0.39 is 36.3 Å². The lowest BCUT2D eigenvalue weighted by Gasteiger charge is -2.17. The lowest BCUT2D eigenvalue weighted by Crippen LogP contribution is -2.35. The summed E-state index contributed by atoms with van der Waals surface area (Å²) in [5.74, 6) is -0.882. The summed E-state index contributed by atoms with van der Waals surface area (Å²) in [5, 5.41) is 10.4. The van der Waals surface area contributed by atoms with Gasteiger partial charge in [0.2, 0.25) is 0 Å². The second-order valence-electron chi connectivity index (χ2n) is 5.34. The van der Waals surface area contributed by atoms with Crippen LogP contribution in [0.3, 0.4) is 0 Å². The molecule has 14 heteroatoms. The molecule has 2 aliphatic rings. The van der Waals surface area contributed by atoms with Crippen molar-refractivity contribution >= 4 is 51.6 Å². The Morgan fingerprint density at radius 2 is 1.43 bits per heavy atom. The molecule has 0 spiro atoms. The summed E-state index contributed by atoms with van der Waals surface area (Å²) in [7, 11) is 2.65. The summed E-state index contributed by atoms with van der Waals surface area (Å²) < 4.78 is 9.50. The Morgan fingerprint density at radius 3 is 1.93 bits per heavy atom. The second kappa shape index (κ2) is 11.0. The minimum absolute atomic E-state index is 0.00311. The maximum Gasteiger partial charge on any atom is 0.533 e. The molecule has 1 N–H and O–H groups in total. The monoisotopic (exact) mass is 438 g/mol. The van der Waals surface area contributed by atoms with Crippen LogP contribution in [0.15, 0.2) is 0 Å². The lowest BCUT2D eigenvalue weighted by atomic mass is 10.4. The number of aliphatic hydroxyl groups is 1. The van der Waals surface area contributed by atoms with E-state index in [0.29, 0.717) is 21.6 Å². The molecule has 2 heterocycles. The van der Waals surface area contributed by atoms with E-state index in [9.17, 15) is 29.1 Å². The molecule has 0 bridgehead atoms. The molecule has 0 aromatic heterocycles. The highest BCUT2D eigenvalue weighted by molar-refractivity contribution is 8.76. The maximum atomic E-state index is 11.4. The maximum absolute atomic E-state index is 11.4. The van der Waals surface area contributed by atoms with Gasteiger partial charge in [0, 0.05) is 37.2 Å². The standard InChI is InChI=1S/C14H18N2O10S2/c17-9-1-2-10(18)15(9)25-13(21)23-5-7-27-28-8-6-24-14(22)26-16-11(19)3-4-12(16)20/h9,17H,1-8H2. The fraction of sp³-hybridized carbons (Fsp3) is 0.643. The van der Waals surface area contributed by atoms with Gasteiger partial charge >= 0.3 is 12.3 Å². The Hall–Kier alpha value is -2.19. The molecule has 28 heavy (non-hydrogen) atoms. The summed E-state index contributed by atoms with van der Waals surface area (Å²) in [6.07, 6.45) is -3.08. The number of amides is 3. The molecule has 2 aliphatic heterocycles. The van der Waals surface area contributed by atoms with Crippen LogP contribution in [-0.4, -0.2) is 76.2 Å². The van der Waals surface area contributed by atoms with Crippen molar-refractivity contribution in [3.63, 3.8) is 0 Å². The molecular weight excluding hydrogens is 420 g/mol. The third kappa shape index (κ3) is 6.76. The van der Waals surface area contributed by atoms with E-state index in [2.05, 4.69) is 9.68 Å². The average Bonchev–Trinajstić information content (AvgIpc) is 3.14. The SMILES string of the molecule is O=C(OCCSSCCOC(=O)ON1C(=O)CCC1O)ON1C(=O)CCC1=O. The Bertz CT molecular complexity index is 615. The minimum Gasteiger partial charge on any atom is -0.432 e. The zero-order chi connectivity index (χ0) is 20.5. The molecule has 2 saturated heterocycles. The first-order chi connectivity index (χ1) is 13.4. The van der Waals surface area contributed by atoms with Crippen molar-refractivity contribution in [2.45, 2.75) is 31.9 Å². The highest BCUT2D eigenvalue weighted by atomic mass is 33.1. The van der Waals surface area contributed by atoms with Crippen LogP contribution in [0, 0.1) is 0 Å². The predicted octanol–water partition coefficient (Wildman–Crippen LogP) is 0.594. The van der Waals surface area contributed by atoms with Gasteiger partial charge in [0.15, 0.2) is 6.23 Å². The highest BCUT2D eigenvalue weighted by Crippen LogP contribution is 2.21. The molecule has 0 aromatic rings. The van der Waals surface area contributed by atoms with Gasteiger partial charge in [-0.25, -0.2) is 9.59 Å². The van der Waals surface area contributed by atoms with Crippen molar-refractivity contribution in [1.29, 1.82) is 0 Å². The van der Waals surface area contributed by atoms with E-state index in [1.54, 1.807) is 0 Å². The van der Waals surface area contributed by atoms with E-state index in [4.69, 9.17) is 9.47 Å². The Balaban J connectivity index is 1.44. The molecule has 0 aromatic carbocycles. The Kier molecular flexibility index (Phi) is 8.66. The summed E-state index contributed by atoms with van der Waals surface area (Å²) in [6, 6.07) is 0. The van der Waals surface area contributed by atoms with Crippen molar-refractivity contribution in [1.82, 2.24) is 10.1 Å². The van der Waals surface area contributed by atoms with Crippen LogP contribution < -0.4 is 0 Å². The number of hydroxylamine groups is 4. The van der Waals surface area contributed by atoms with Gasteiger partial charge in [-0.05, 0) is 0 Å². The normalized spacial score (nSPS) is 19.2. The first-order valence-electron chi connectivity index (χ1n) is 8.18. The highest BCUT2D eigenvalue weighted by Gasteiger charge is 2.34. The number of nitrogens with zero attached hydrogens (tertiary/aromatic N) is 2. The number of hydrogen-bond donors (Lipinski definition) is 1. The lowest BCUT2D eigenvalue weighted by molar-refractivity contribution is -0.199. The third-order valence-electron chi connectivity index (χ3n) is 3.33. The largest absolute Gasteiger partial charge is 0.533 e. The van der Waals surface area contributed by atoms with Gasteiger partial charge in [0.25, 0.3) is 17.7 Å². The number of ether oxygens (including phenoxy) is 2. The van der Waals surface area contributed by atoms with Gasteiger partial charge in [-0.2, -0.15) is 0 Å². The van der Waals surface area contributed by atoms with Gasteiger partial charge in [-0.1, -0.05) is 26.7 Å². The van der Waals surface area contributed by atoms with E-state index in [-0.39, 0.29) is 38.9 Å². The van der Waals surface area contributed by atoms with Crippen LogP contribution in [0.2, 0.25) is 0 Å². The van der Waals surface area contributed by atoms with Crippen molar-refractivity contribution in [3.8, 4) is 0 Å². The van der Waals surface area contributed by atoms with Crippen molar-refractivity contribution in [3.05, 3.63) is 0 Å². The van der Waals surface area contributed by atoms with Crippen LogP contribution in [0.4, 0.5) is 9.59 Å². The van der Waals surface area contributed by atoms with Crippen LogP contribution in [0.25, 0.3) is 0 Å². The third-order valence-corrected chi connectivity index (χ3v) is 5.67. The number of hydrogen-bond acceptors (Lipinski definition) is 12. The van der Waals surface area contributed by atoms with Gasteiger partial charge in [-0.3, -0.25) is 19.2 Å². The van der Waals surface area contributed by atoms with Crippen LogP contribution in [0.1, 0.15) is 25.7 Å². The van der Waals surface area contributed by atoms with E-state index in [0.717, 1.165) is 0 Å². The second-order valence-corrected chi connectivity index (χ2v) is 8.05. The molecule has 2 fully saturated rings. The number of carbonyl (C=O) groups excluding carboxylic acids is 5. The average molecular weight is 438 g/mol. The Morgan fingerprint density at radius 1 is 0.893 bits per heavy atom. The molecule has 0 saturated carbocycles.